The van der Waals surface area contributed by atoms with Gasteiger partial charge < -0.3 is 0 Å². The van der Waals surface area contributed by atoms with Gasteiger partial charge in [0.25, 0.3) is 0 Å². The molecule has 1 aromatic rings. The van der Waals surface area contributed by atoms with Crippen LogP contribution in [-0.2, 0) is 10.0 Å². The molecule has 0 aromatic heterocycles. The van der Waals surface area contributed by atoms with Crippen molar-refractivity contribution in [3.63, 3.8) is 0 Å². The molecule has 0 aliphatic carbocycles. The predicted molar refractivity (Wildman–Crippen MR) is 55.5 cm³/mol. The van der Waals surface area contributed by atoms with E-state index in [1.807, 2.05) is 0 Å². The zero-order chi connectivity index (χ0) is 12.8. The minimum Gasteiger partial charge on any atom is -0.203 e. The van der Waals surface area contributed by atoms with Gasteiger partial charge in [-0.25, -0.2) is 8.42 Å². The lowest BCUT2D eigenvalue weighted by Gasteiger charge is -2.09. The molecule has 1 saturated heterocycles. The van der Waals surface area contributed by atoms with Crippen LogP contribution in [0.2, 0.25) is 0 Å². The molecule has 0 bridgehead atoms. The summed E-state index contributed by atoms with van der Waals surface area (Å²) in [6, 6.07) is 6.93. The van der Waals surface area contributed by atoms with Crippen molar-refractivity contribution in [2.45, 2.75) is 24.5 Å². The first-order chi connectivity index (χ1) is 7.77. The number of hydrogen-bond donors (Lipinski definition) is 0. The molecular formula is C10H10F3NO2S. The zero-order valence-corrected chi connectivity index (χ0v) is 9.66. The molecule has 2 rings (SSSR count). The SMILES string of the molecule is C[C@@H]1[C@@H](c2ccccc2)N1S(=O)(=O)C(F)(F)F. The Labute approximate surface area is 96.9 Å². The Bertz CT molecular complexity index is 512. The van der Waals surface area contributed by atoms with Crippen LogP contribution in [0.4, 0.5) is 13.2 Å². The van der Waals surface area contributed by atoms with Crippen molar-refractivity contribution in [3.05, 3.63) is 35.9 Å². The molecule has 1 fully saturated rings. The molecule has 1 heterocycles. The highest BCUT2D eigenvalue weighted by Gasteiger charge is 2.62. The molecule has 1 unspecified atom stereocenters. The van der Waals surface area contributed by atoms with Crippen LogP contribution < -0.4 is 0 Å². The van der Waals surface area contributed by atoms with E-state index in [4.69, 9.17) is 0 Å². The lowest BCUT2D eigenvalue weighted by molar-refractivity contribution is -0.0469. The van der Waals surface area contributed by atoms with Crippen LogP contribution in [0.5, 0.6) is 0 Å². The number of sulfonamides is 1. The second-order valence-corrected chi connectivity index (χ2v) is 5.71. The van der Waals surface area contributed by atoms with Gasteiger partial charge in [-0.15, -0.1) is 0 Å². The van der Waals surface area contributed by atoms with Crippen LogP contribution in [0.15, 0.2) is 30.3 Å². The summed E-state index contributed by atoms with van der Waals surface area (Å²) < 4.78 is 60.0. The van der Waals surface area contributed by atoms with Gasteiger partial charge in [-0.1, -0.05) is 30.3 Å². The fourth-order valence-corrected chi connectivity index (χ4v) is 3.22. The van der Waals surface area contributed by atoms with E-state index in [9.17, 15) is 21.6 Å². The number of rotatable bonds is 2. The third-order valence-electron chi connectivity index (χ3n) is 2.75. The highest BCUT2D eigenvalue weighted by Crippen LogP contribution is 2.49. The van der Waals surface area contributed by atoms with E-state index in [0.717, 1.165) is 0 Å². The first kappa shape index (κ1) is 12.4. The van der Waals surface area contributed by atoms with Gasteiger partial charge in [-0.05, 0) is 12.5 Å². The summed E-state index contributed by atoms with van der Waals surface area (Å²) in [7, 11) is -5.22. The van der Waals surface area contributed by atoms with Gasteiger partial charge in [-0.2, -0.15) is 17.5 Å². The van der Waals surface area contributed by atoms with Gasteiger partial charge in [0.1, 0.15) is 0 Å². The summed E-state index contributed by atoms with van der Waals surface area (Å²) in [6.45, 7) is 1.46. The molecule has 94 valence electrons. The molecule has 1 aliphatic heterocycles. The van der Waals surface area contributed by atoms with Crippen molar-refractivity contribution in [3.8, 4) is 0 Å². The smallest absolute Gasteiger partial charge is 0.203 e. The topological polar surface area (TPSA) is 37.1 Å². The third kappa shape index (κ3) is 1.93. The second-order valence-electron chi connectivity index (χ2n) is 3.88. The number of alkyl halides is 3. The van der Waals surface area contributed by atoms with Crippen molar-refractivity contribution in [2.24, 2.45) is 0 Å². The molecule has 0 saturated carbocycles. The first-order valence-corrected chi connectivity index (χ1v) is 6.35. The standard InChI is InChI=1S/C10H10F3NO2S/c1-7-9(8-5-3-2-4-6-8)14(7)17(15,16)10(11,12)13/h2-7,9H,1H3/t7-,9+,14?/m1/s1. The van der Waals surface area contributed by atoms with Crippen molar-refractivity contribution < 1.29 is 21.6 Å². The molecule has 0 spiro atoms. The van der Waals surface area contributed by atoms with Crippen molar-refractivity contribution in [1.29, 1.82) is 0 Å². The molecule has 1 aromatic carbocycles. The van der Waals surface area contributed by atoms with E-state index in [1.165, 1.54) is 6.92 Å². The summed E-state index contributed by atoms with van der Waals surface area (Å²) in [6.07, 6.45) is 0. The quantitative estimate of drug-likeness (QED) is 0.769. The predicted octanol–water partition coefficient (Wildman–Crippen LogP) is 2.28. The minimum absolute atomic E-state index is 0.488. The van der Waals surface area contributed by atoms with Gasteiger partial charge in [0.05, 0.1) is 6.04 Å². The summed E-state index contributed by atoms with van der Waals surface area (Å²) in [4.78, 5) is 0. The Balaban J connectivity index is 2.29. The molecule has 3 atom stereocenters. The van der Waals surface area contributed by atoms with Gasteiger partial charge >= 0.3 is 15.5 Å². The highest BCUT2D eigenvalue weighted by molar-refractivity contribution is 7.90. The van der Waals surface area contributed by atoms with E-state index in [-0.39, 0.29) is 0 Å². The molecule has 0 N–H and O–H groups in total. The van der Waals surface area contributed by atoms with Crippen LogP contribution in [-0.4, -0.2) is 24.3 Å². The minimum atomic E-state index is -5.23. The molecule has 0 radical (unpaired) electrons. The Morgan fingerprint density at radius 2 is 1.71 bits per heavy atom. The van der Waals surface area contributed by atoms with Crippen LogP contribution in [0.25, 0.3) is 0 Å². The van der Waals surface area contributed by atoms with Crippen molar-refractivity contribution in [2.75, 3.05) is 0 Å². The number of hydrogen-bond acceptors (Lipinski definition) is 2. The molecule has 1 aliphatic rings. The van der Waals surface area contributed by atoms with Crippen LogP contribution >= 0.6 is 0 Å². The molecule has 3 nitrogen and oxygen atoms in total. The Hall–Kier alpha value is -1.08. The Morgan fingerprint density at radius 3 is 2.18 bits per heavy atom. The molecule has 17 heavy (non-hydrogen) atoms. The first-order valence-electron chi connectivity index (χ1n) is 4.91. The molecule has 7 heteroatoms. The van der Waals surface area contributed by atoms with E-state index in [0.29, 0.717) is 9.87 Å². The van der Waals surface area contributed by atoms with Gasteiger partial charge in [0, 0.05) is 6.04 Å². The zero-order valence-electron chi connectivity index (χ0n) is 8.85. The van der Waals surface area contributed by atoms with Crippen LogP contribution in [0.3, 0.4) is 0 Å². The molecular weight excluding hydrogens is 255 g/mol. The van der Waals surface area contributed by atoms with E-state index < -0.39 is 27.6 Å². The largest absolute Gasteiger partial charge is 0.511 e. The average molecular weight is 265 g/mol. The monoisotopic (exact) mass is 265 g/mol. The fraction of sp³-hybridized carbons (Fsp3) is 0.400. The summed E-state index contributed by atoms with van der Waals surface area (Å²) in [5.74, 6) is 0. The highest BCUT2D eigenvalue weighted by atomic mass is 32.2. The van der Waals surface area contributed by atoms with Crippen LogP contribution in [0.1, 0.15) is 18.5 Å². The maximum atomic E-state index is 12.4. The number of nitrogens with zero attached hydrogens (tertiary/aromatic N) is 1. The summed E-state index contributed by atoms with van der Waals surface area (Å²) >= 11 is 0. The van der Waals surface area contributed by atoms with Gasteiger partial charge in [0.2, 0.25) is 0 Å². The lowest BCUT2D eigenvalue weighted by Crippen LogP contribution is -2.30. The maximum absolute atomic E-state index is 12.4. The number of halogens is 3. The summed E-state index contributed by atoms with van der Waals surface area (Å²) in [5.41, 5.74) is -4.65. The lowest BCUT2D eigenvalue weighted by atomic mass is 10.1. The molecule has 0 amide bonds. The van der Waals surface area contributed by atoms with Gasteiger partial charge in [0.15, 0.2) is 0 Å². The van der Waals surface area contributed by atoms with E-state index in [1.54, 1.807) is 30.3 Å². The summed E-state index contributed by atoms with van der Waals surface area (Å²) in [5, 5.41) is 0. The van der Waals surface area contributed by atoms with Crippen molar-refractivity contribution >= 4 is 10.0 Å². The second kappa shape index (κ2) is 3.71. The fourth-order valence-electron chi connectivity index (χ4n) is 1.89. The van der Waals surface area contributed by atoms with Crippen molar-refractivity contribution in [1.82, 2.24) is 4.31 Å². The average Bonchev–Trinajstić information content (AvgIpc) is 2.90. The van der Waals surface area contributed by atoms with Crippen LogP contribution in [0, 0.1) is 0 Å². The third-order valence-corrected chi connectivity index (χ3v) is 4.45. The Morgan fingerprint density at radius 1 is 1.18 bits per heavy atom. The maximum Gasteiger partial charge on any atom is 0.511 e. The van der Waals surface area contributed by atoms with E-state index in [2.05, 4.69) is 0 Å². The van der Waals surface area contributed by atoms with Gasteiger partial charge in [-0.3, -0.25) is 0 Å². The number of benzene rings is 1. The van der Waals surface area contributed by atoms with E-state index >= 15 is 0 Å². The normalized spacial score (nSPS) is 29.1. The Kier molecular flexibility index (Phi) is 2.70.